The van der Waals surface area contributed by atoms with Crippen molar-refractivity contribution in [3.63, 3.8) is 0 Å². The predicted octanol–water partition coefficient (Wildman–Crippen LogP) is 4.07. The van der Waals surface area contributed by atoms with Crippen molar-refractivity contribution in [3.8, 4) is 0 Å². The Kier molecular flexibility index (Phi) is 5.87. The van der Waals surface area contributed by atoms with Gasteiger partial charge in [-0.2, -0.15) is 0 Å². The minimum atomic E-state index is -0.627. The molecule has 0 radical (unpaired) electrons. The highest BCUT2D eigenvalue weighted by Crippen LogP contribution is 2.23. The van der Waals surface area contributed by atoms with Crippen LogP contribution in [0, 0.1) is 19.7 Å². The third kappa shape index (κ3) is 4.37. The molecule has 0 spiro atoms. The first-order chi connectivity index (χ1) is 14.8. The normalized spacial score (nSPS) is 14.6. The smallest absolute Gasteiger partial charge is 0.258 e. The van der Waals surface area contributed by atoms with Crippen molar-refractivity contribution < 1.29 is 14.0 Å². The fourth-order valence-electron chi connectivity index (χ4n) is 3.73. The Morgan fingerprint density at radius 2 is 1.74 bits per heavy atom. The highest BCUT2D eigenvalue weighted by atomic mass is 35.5. The van der Waals surface area contributed by atoms with Crippen LogP contribution in [-0.4, -0.2) is 45.8 Å². The summed E-state index contributed by atoms with van der Waals surface area (Å²) in [5.41, 5.74) is 3.53. The van der Waals surface area contributed by atoms with Gasteiger partial charge in [-0.25, -0.2) is 14.4 Å². The molecule has 0 aliphatic carbocycles. The number of nitrogens with one attached hydrogen (secondary N) is 1. The number of aryl methyl sites for hydroxylation is 2. The number of hydrogen-bond acceptors (Lipinski definition) is 4. The van der Waals surface area contributed by atoms with Crippen LogP contribution in [0.4, 0.5) is 4.39 Å². The van der Waals surface area contributed by atoms with E-state index in [0.717, 1.165) is 16.9 Å². The highest BCUT2D eigenvalue weighted by Gasteiger charge is 2.27. The fourth-order valence-corrected chi connectivity index (χ4v) is 3.97. The van der Waals surface area contributed by atoms with Crippen LogP contribution in [-0.2, 0) is 0 Å². The van der Waals surface area contributed by atoms with Gasteiger partial charge in [0.1, 0.15) is 5.82 Å². The molecule has 2 amide bonds. The van der Waals surface area contributed by atoms with Gasteiger partial charge in [-0.3, -0.25) is 9.59 Å². The summed E-state index contributed by atoms with van der Waals surface area (Å²) in [7, 11) is 0. The zero-order valence-corrected chi connectivity index (χ0v) is 18.0. The largest absolute Gasteiger partial charge is 0.349 e. The molecule has 2 aromatic carbocycles. The fraction of sp³-hybridized carbons (Fsp3) is 0.304. The first-order valence-corrected chi connectivity index (χ1v) is 10.5. The average molecular weight is 441 g/mol. The van der Waals surface area contributed by atoms with E-state index in [2.05, 4.69) is 15.3 Å². The van der Waals surface area contributed by atoms with Crippen molar-refractivity contribution in [2.45, 2.75) is 32.7 Å². The molecule has 0 unspecified atom stereocenters. The van der Waals surface area contributed by atoms with Crippen molar-refractivity contribution in [3.05, 3.63) is 69.8 Å². The van der Waals surface area contributed by atoms with Crippen LogP contribution in [0.1, 0.15) is 44.9 Å². The van der Waals surface area contributed by atoms with Crippen molar-refractivity contribution in [1.82, 2.24) is 20.2 Å². The third-order valence-corrected chi connectivity index (χ3v) is 5.95. The molecule has 2 heterocycles. The summed E-state index contributed by atoms with van der Waals surface area (Å²) in [5.74, 6) is -1.24. The number of benzene rings is 2. The molecule has 1 N–H and O–H groups in total. The molecule has 6 nitrogen and oxygen atoms in total. The summed E-state index contributed by atoms with van der Waals surface area (Å²) < 4.78 is 14.1. The minimum absolute atomic E-state index is 0.0748. The Hall–Kier alpha value is -3.06. The summed E-state index contributed by atoms with van der Waals surface area (Å²) in [6.45, 7) is 4.62. The van der Waals surface area contributed by atoms with Gasteiger partial charge in [-0.15, -0.1) is 0 Å². The third-order valence-electron chi connectivity index (χ3n) is 5.63. The molecule has 1 aliphatic heterocycles. The predicted molar refractivity (Wildman–Crippen MR) is 117 cm³/mol. The van der Waals surface area contributed by atoms with E-state index >= 15 is 0 Å². The lowest BCUT2D eigenvalue weighted by atomic mass is 10.0. The van der Waals surface area contributed by atoms with Crippen LogP contribution >= 0.6 is 11.6 Å². The Morgan fingerprint density at radius 1 is 1.06 bits per heavy atom. The van der Waals surface area contributed by atoms with Crippen molar-refractivity contribution in [2.24, 2.45) is 0 Å². The molecule has 4 rings (SSSR count). The SMILES string of the molecule is Cc1nc2ccc(C(=O)NC3CCN(C(=O)c4c(F)cccc4Cl)CC3)cc2nc1C. The molecule has 3 aromatic rings. The molecule has 8 heteroatoms. The first kappa shape index (κ1) is 21.2. The van der Waals surface area contributed by atoms with E-state index in [1.54, 1.807) is 23.1 Å². The van der Waals surface area contributed by atoms with Crippen molar-refractivity contribution in [2.75, 3.05) is 13.1 Å². The highest BCUT2D eigenvalue weighted by molar-refractivity contribution is 6.33. The maximum atomic E-state index is 14.1. The molecule has 0 saturated carbocycles. The van der Waals surface area contributed by atoms with Gasteiger partial charge in [0.15, 0.2) is 0 Å². The number of carbonyl (C=O) groups excluding carboxylic acids is 2. The van der Waals surface area contributed by atoms with Crippen LogP contribution in [0.3, 0.4) is 0 Å². The molecule has 31 heavy (non-hydrogen) atoms. The number of piperidine rings is 1. The summed E-state index contributed by atoms with van der Waals surface area (Å²) in [4.78, 5) is 36.0. The summed E-state index contributed by atoms with van der Waals surface area (Å²) in [6.07, 6.45) is 1.16. The monoisotopic (exact) mass is 440 g/mol. The van der Waals surface area contributed by atoms with Gasteiger partial charge >= 0.3 is 0 Å². The van der Waals surface area contributed by atoms with Crippen LogP contribution in [0.15, 0.2) is 36.4 Å². The minimum Gasteiger partial charge on any atom is -0.349 e. The van der Waals surface area contributed by atoms with Gasteiger partial charge < -0.3 is 10.2 Å². The first-order valence-electron chi connectivity index (χ1n) is 10.1. The Labute approximate surface area is 184 Å². The van der Waals surface area contributed by atoms with Gasteiger partial charge in [-0.1, -0.05) is 17.7 Å². The second-order valence-electron chi connectivity index (χ2n) is 7.73. The number of rotatable bonds is 3. The van der Waals surface area contributed by atoms with E-state index in [1.165, 1.54) is 18.2 Å². The van der Waals surface area contributed by atoms with Gasteiger partial charge in [0.05, 0.1) is 33.0 Å². The number of fused-ring (bicyclic) bond motifs is 1. The van der Waals surface area contributed by atoms with Gasteiger partial charge in [0.25, 0.3) is 11.8 Å². The number of carbonyl (C=O) groups is 2. The number of aromatic nitrogens is 2. The van der Waals surface area contributed by atoms with E-state index in [-0.39, 0.29) is 22.5 Å². The molecular formula is C23H22ClFN4O2. The number of halogens is 2. The molecular weight excluding hydrogens is 419 g/mol. The van der Waals surface area contributed by atoms with E-state index in [1.807, 2.05) is 13.8 Å². The zero-order chi connectivity index (χ0) is 22.1. The summed E-state index contributed by atoms with van der Waals surface area (Å²) in [5, 5.41) is 3.12. The second-order valence-corrected chi connectivity index (χ2v) is 8.14. The number of hydrogen-bond donors (Lipinski definition) is 1. The lowest BCUT2D eigenvalue weighted by Gasteiger charge is -2.32. The topological polar surface area (TPSA) is 75.2 Å². The Bertz CT molecular complexity index is 1160. The van der Waals surface area contributed by atoms with E-state index in [9.17, 15) is 14.0 Å². The average Bonchev–Trinajstić information content (AvgIpc) is 2.74. The molecule has 1 aliphatic rings. The molecule has 1 fully saturated rings. The lowest BCUT2D eigenvalue weighted by molar-refractivity contribution is 0.0694. The standard InChI is InChI=1S/C23H22ClFN4O2/c1-13-14(2)27-20-12-15(6-7-19(20)26-13)22(30)28-16-8-10-29(11-9-16)23(31)21-17(24)4-3-5-18(21)25/h3-7,12,16H,8-11H2,1-2H3,(H,28,30). The van der Waals surface area contributed by atoms with Gasteiger partial charge in [-0.05, 0) is 57.0 Å². The number of nitrogens with zero attached hydrogens (tertiary/aromatic N) is 3. The molecule has 0 atom stereocenters. The van der Waals surface area contributed by atoms with Crippen LogP contribution in [0.5, 0.6) is 0 Å². The zero-order valence-electron chi connectivity index (χ0n) is 17.3. The summed E-state index contributed by atoms with van der Waals surface area (Å²) in [6, 6.07) is 9.39. The number of likely N-dealkylation sites (tertiary alicyclic amines) is 1. The van der Waals surface area contributed by atoms with Crippen LogP contribution in [0.2, 0.25) is 5.02 Å². The summed E-state index contributed by atoms with van der Waals surface area (Å²) >= 11 is 6.01. The molecule has 0 bridgehead atoms. The Balaban J connectivity index is 1.40. The maximum absolute atomic E-state index is 14.1. The van der Waals surface area contributed by atoms with Crippen LogP contribution < -0.4 is 5.32 Å². The van der Waals surface area contributed by atoms with Crippen LogP contribution in [0.25, 0.3) is 11.0 Å². The van der Waals surface area contributed by atoms with E-state index in [4.69, 9.17) is 11.6 Å². The number of amides is 2. The second kappa shape index (κ2) is 8.59. The maximum Gasteiger partial charge on any atom is 0.258 e. The van der Waals surface area contributed by atoms with Crippen molar-refractivity contribution in [1.29, 1.82) is 0 Å². The molecule has 160 valence electrons. The van der Waals surface area contributed by atoms with Gasteiger partial charge in [0.2, 0.25) is 0 Å². The quantitative estimate of drug-likeness (QED) is 0.666. The van der Waals surface area contributed by atoms with E-state index in [0.29, 0.717) is 37.0 Å². The molecule has 1 aromatic heterocycles. The van der Waals surface area contributed by atoms with Crippen molar-refractivity contribution >= 4 is 34.4 Å². The van der Waals surface area contributed by atoms with E-state index < -0.39 is 11.7 Å². The lowest BCUT2D eigenvalue weighted by Crippen LogP contribution is -2.46. The Morgan fingerprint density at radius 3 is 2.42 bits per heavy atom. The van der Waals surface area contributed by atoms with Gasteiger partial charge in [0, 0.05) is 24.7 Å². The molecule has 1 saturated heterocycles.